The van der Waals surface area contributed by atoms with E-state index in [0.717, 1.165) is 62.5 Å². The van der Waals surface area contributed by atoms with Gasteiger partial charge in [-0.05, 0) is 36.1 Å². The van der Waals surface area contributed by atoms with Gasteiger partial charge in [0.1, 0.15) is 0 Å². The lowest BCUT2D eigenvalue weighted by atomic mass is 9.99. The highest BCUT2D eigenvalue weighted by Crippen LogP contribution is 2.35. The molecule has 158 valence electrons. The standard InChI is InChI=1S/C25H27N5O/c1-2-25(31)29-13-11-28(12-14-29)23-7-9-27-22-17-30(10-8-21(22)23)24-16-19(26)15-18-5-3-4-6-20(18)24/h2-7,9,15-16H,1,8,10-14,17,26H2. The van der Waals surface area contributed by atoms with E-state index in [2.05, 4.69) is 46.7 Å². The van der Waals surface area contributed by atoms with Crippen molar-refractivity contribution in [3.63, 3.8) is 0 Å². The van der Waals surface area contributed by atoms with Crippen LogP contribution in [0.3, 0.4) is 0 Å². The molecule has 2 N–H and O–H groups in total. The minimum absolute atomic E-state index is 0.0152. The van der Waals surface area contributed by atoms with E-state index in [1.54, 1.807) is 0 Å². The van der Waals surface area contributed by atoms with Crippen LogP contribution >= 0.6 is 0 Å². The van der Waals surface area contributed by atoms with Crippen molar-refractivity contribution in [1.82, 2.24) is 9.88 Å². The van der Waals surface area contributed by atoms with Crippen molar-refractivity contribution in [2.45, 2.75) is 13.0 Å². The summed E-state index contributed by atoms with van der Waals surface area (Å²) < 4.78 is 0. The molecule has 2 aliphatic heterocycles. The smallest absolute Gasteiger partial charge is 0.246 e. The molecule has 0 unspecified atom stereocenters. The molecule has 3 heterocycles. The second kappa shape index (κ2) is 7.95. The van der Waals surface area contributed by atoms with Gasteiger partial charge in [0.25, 0.3) is 0 Å². The number of hydrogen-bond donors (Lipinski definition) is 1. The van der Waals surface area contributed by atoms with Gasteiger partial charge in [0.05, 0.1) is 12.2 Å². The third-order valence-corrected chi connectivity index (χ3v) is 6.40. The number of carbonyl (C=O) groups excluding carboxylic acids is 1. The van der Waals surface area contributed by atoms with E-state index in [0.29, 0.717) is 0 Å². The molecule has 5 rings (SSSR count). The molecule has 31 heavy (non-hydrogen) atoms. The van der Waals surface area contributed by atoms with E-state index in [9.17, 15) is 4.79 Å². The molecule has 1 aromatic heterocycles. The first-order valence-electron chi connectivity index (χ1n) is 10.8. The molecule has 0 spiro atoms. The van der Waals surface area contributed by atoms with E-state index in [1.165, 1.54) is 28.4 Å². The first kappa shape index (κ1) is 19.4. The van der Waals surface area contributed by atoms with Crippen LogP contribution in [0.4, 0.5) is 17.1 Å². The third kappa shape index (κ3) is 3.58. The number of carbonyl (C=O) groups is 1. The summed E-state index contributed by atoms with van der Waals surface area (Å²) in [6, 6.07) is 14.6. The van der Waals surface area contributed by atoms with Crippen LogP contribution in [0.2, 0.25) is 0 Å². The molecule has 1 fully saturated rings. The molecule has 6 heteroatoms. The Hall–Kier alpha value is -3.54. The Balaban J connectivity index is 1.40. The zero-order valence-electron chi connectivity index (χ0n) is 17.6. The normalized spacial score (nSPS) is 16.3. The maximum atomic E-state index is 11.9. The van der Waals surface area contributed by atoms with Crippen molar-refractivity contribution in [3.05, 3.63) is 72.6 Å². The lowest BCUT2D eigenvalue weighted by molar-refractivity contribution is -0.126. The molecule has 2 aliphatic rings. The number of fused-ring (bicyclic) bond motifs is 2. The van der Waals surface area contributed by atoms with Gasteiger partial charge in [0.2, 0.25) is 5.91 Å². The molecule has 0 radical (unpaired) electrons. The summed E-state index contributed by atoms with van der Waals surface area (Å²) in [4.78, 5) is 23.3. The summed E-state index contributed by atoms with van der Waals surface area (Å²) >= 11 is 0. The minimum Gasteiger partial charge on any atom is -0.399 e. The van der Waals surface area contributed by atoms with E-state index >= 15 is 0 Å². The maximum Gasteiger partial charge on any atom is 0.246 e. The highest BCUT2D eigenvalue weighted by atomic mass is 16.2. The largest absolute Gasteiger partial charge is 0.399 e. The molecular formula is C25H27N5O. The second-order valence-electron chi connectivity index (χ2n) is 8.20. The monoisotopic (exact) mass is 413 g/mol. The number of pyridine rings is 1. The van der Waals surface area contributed by atoms with Crippen molar-refractivity contribution in [2.24, 2.45) is 0 Å². The Bertz CT molecular complexity index is 1150. The maximum absolute atomic E-state index is 11.9. The predicted octanol–water partition coefficient (Wildman–Crippen LogP) is 3.21. The first-order valence-corrected chi connectivity index (χ1v) is 10.8. The van der Waals surface area contributed by atoms with E-state index in [1.807, 2.05) is 23.2 Å². The Morgan fingerprint density at radius 1 is 1.00 bits per heavy atom. The van der Waals surface area contributed by atoms with Gasteiger partial charge >= 0.3 is 0 Å². The molecule has 0 saturated carbocycles. The molecule has 0 aliphatic carbocycles. The fourth-order valence-corrected chi connectivity index (χ4v) is 4.81. The number of nitrogens with zero attached hydrogens (tertiary/aromatic N) is 4. The lowest BCUT2D eigenvalue weighted by Crippen LogP contribution is -2.48. The molecule has 1 amide bonds. The van der Waals surface area contributed by atoms with Crippen LogP contribution in [0.1, 0.15) is 11.3 Å². The van der Waals surface area contributed by atoms with Crippen LogP contribution < -0.4 is 15.5 Å². The fourth-order valence-electron chi connectivity index (χ4n) is 4.81. The van der Waals surface area contributed by atoms with Gasteiger partial charge in [-0.1, -0.05) is 30.8 Å². The summed E-state index contributed by atoms with van der Waals surface area (Å²) in [6.07, 6.45) is 4.25. The van der Waals surface area contributed by atoms with Gasteiger partial charge < -0.3 is 20.4 Å². The second-order valence-corrected chi connectivity index (χ2v) is 8.20. The molecular weight excluding hydrogens is 386 g/mol. The Morgan fingerprint density at radius 3 is 2.61 bits per heavy atom. The van der Waals surface area contributed by atoms with Gasteiger partial charge in [-0.2, -0.15) is 0 Å². The highest BCUT2D eigenvalue weighted by Gasteiger charge is 2.26. The molecule has 3 aromatic rings. The van der Waals surface area contributed by atoms with Crippen molar-refractivity contribution >= 4 is 33.7 Å². The van der Waals surface area contributed by atoms with Gasteiger partial charge in [0.15, 0.2) is 0 Å². The zero-order valence-corrected chi connectivity index (χ0v) is 17.6. The Kier molecular flexibility index (Phi) is 4.98. The van der Waals surface area contributed by atoms with E-state index in [4.69, 9.17) is 10.7 Å². The molecule has 0 atom stereocenters. The number of nitrogens with two attached hydrogens (primary N) is 1. The van der Waals surface area contributed by atoms with Gasteiger partial charge in [-0.15, -0.1) is 0 Å². The molecule has 1 saturated heterocycles. The van der Waals surface area contributed by atoms with Crippen LogP contribution in [0.5, 0.6) is 0 Å². The van der Waals surface area contributed by atoms with Crippen molar-refractivity contribution < 1.29 is 4.79 Å². The first-order chi connectivity index (χ1) is 15.1. The van der Waals surface area contributed by atoms with Crippen molar-refractivity contribution in [1.29, 1.82) is 0 Å². The number of nitrogen functional groups attached to an aromatic ring is 1. The van der Waals surface area contributed by atoms with Crippen LogP contribution in [0.25, 0.3) is 10.8 Å². The SMILES string of the molecule is C=CC(=O)N1CCN(c2ccnc3c2CCN(c2cc(N)cc4ccccc24)C3)CC1. The average molecular weight is 414 g/mol. The lowest BCUT2D eigenvalue weighted by Gasteiger charge is -2.38. The Morgan fingerprint density at radius 2 is 1.81 bits per heavy atom. The highest BCUT2D eigenvalue weighted by molar-refractivity contribution is 5.97. The summed E-state index contributed by atoms with van der Waals surface area (Å²) in [7, 11) is 0. The number of aromatic nitrogens is 1. The topological polar surface area (TPSA) is 65.7 Å². The number of benzene rings is 2. The third-order valence-electron chi connectivity index (χ3n) is 6.40. The summed E-state index contributed by atoms with van der Waals surface area (Å²) in [5.41, 5.74) is 11.9. The van der Waals surface area contributed by atoms with Crippen molar-refractivity contribution in [2.75, 3.05) is 48.3 Å². The number of anilines is 3. The van der Waals surface area contributed by atoms with Crippen LogP contribution in [-0.2, 0) is 17.8 Å². The van der Waals surface area contributed by atoms with Crippen LogP contribution in [0, 0.1) is 0 Å². The minimum atomic E-state index is 0.0152. The van der Waals surface area contributed by atoms with E-state index in [-0.39, 0.29) is 5.91 Å². The molecule has 6 nitrogen and oxygen atoms in total. The van der Waals surface area contributed by atoms with Crippen LogP contribution in [0.15, 0.2) is 61.3 Å². The summed E-state index contributed by atoms with van der Waals surface area (Å²) in [5, 5.41) is 2.39. The number of hydrogen-bond acceptors (Lipinski definition) is 5. The quantitative estimate of drug-likeness (QED) is 0.528. The number of amides is 1. The molecule has 0 bridgehead atoms. The summed E-state index contributed by atoms with van der Waals surface area (Å²) in [5.74, 6) is 0.0152. The number of piperazine rings is 1. The van der Waals surface area contributed by atoms with E-state index < -0.39 is 0 Å². The fraction of sp³-hybridized carbons (Fsp3) is 0.280. The van der Waals surface area contributed by atoms with Crippen LogP contribution in [-0.4, -0.2) is 48.5 Å². The number of rotatable bonds is 3. The summed E-state index contributed by atoms with van der Waals surface area (Å²) in [6.45, 7) is 8.41. The van der Waals surface area contributed by atoms with Crippen molar-refractivity contribution in [3.8, 4) is 0 Å². The Labute approximate surface area is 182 Å². The van der Waals surface area contributed by atoms with Gasteiger partial charge in [-0.3, -0.25) is 9.78 Å². The van der Waals surface area contributed by atoms with Gasteiger partial charge in [-0.25, -0.2) is 0 Å². The zero-order chi connectivity index (χ0) is 21.4. The predicted molar refractivity (Wildman–Crippen MR) is 126 cm³/mol. The average Bonchev–Trinajstić information content (AvgIpc) is 2.82. The molecule has 2 aromatic carbocycles. The van der Waals surface area contributed by atoms with Gasteiger partial charge in [0, 0.05) is 66.9 Å².